The number of nitrogens with two attached hydrogens (primary N) is 1. The lowest BCUT2D eigenvalue weighted by atomic mass is 9.80. The number of piperidine rings is 1. The number of nitrogens with zero attached hydrogens (tertiary/aromatic N) is 2. The lowest BCUT2D eigenvalue weighted by Crippen LogP contribution is -2.48. The predicted molar refractivity (Wildman–Crippen MR) is 60.2 cm³/mol. The molecule has 0 aromatic carbocycles. The minimum Gasteiger partial charge on any atom is -0.313 e. The van der Waals surface area contributed by atoms with Crippen LogP contribution in [0.3, 0.4) is 0 Å². The summed E-state index contributed by atoms with van der Waals surface area (Å²) in [6.45, 7) is 2.52. The smallest absolute Gasteiger partial charge is 0.104 e. The fraction of sp³-hybridized carbons (Fsp3) is 0.917. The van der Waals surface area contributed by atoms with E-state index in [4.69, 9.17) is 11.0 Å². The van der Waals surface area contributed by atoms with Gasteiger partial charge in [-0.25, -0.2) is 0 Å². The van der Waals surface area contributed by atoms with E-state index < -0.39 is 5.54 Å². The van der Waals surface area contributed by atoms with Gasteiger partial charge in [-0.3, -0.25) is 0 Å². The van der Waals surface area contributed by atoms with Crippen molar-refractivity contribution in [3.63, 3.8) is 0 Å². The molecule has 3 heteroatoms. The number of hydrogen-bond acceptors (Lipinski definition) is 3. The second-order valence-electron chi connectivity index (χ2n) is 5.10. The van der Waals surface area contributed by atoms with Gasteiger partial charge < -0.3 is 10.6 Å². The summed E-state index contributed by atoms with van der Waals surface area (Å²) >= 11 is 0. The molecule has 1 heterocycles. The Morgan fingerprint density at radius 3 is 2.27 bits per heavy atom. The molecule has 1 saturated heterocycles. The highest BCUT2D eigenvalue weighted by atomic mass is 15.2. The van der Waals surface area contributed by atoms with E-state index in [1.165, 1.54) is 32.4 Å². The van der Waals surface area contributed by atoms with E-state index in [2.05, 4.69) is 11.0 Å². The van der Waals surface area contributed by atoms with Crippen LogP contribution in [0.5, 0.6) is 0 Å². The van der Waals surface area contributed by atoms with Crippen molar-refractivity contribution in [1.29, 1.82) is 5.26 Å². The second kappa shape index (κ2) is 4.51. The molecule has 1 aliphatic carbocycles. The molecule has 3 nitrogen and oxygen atoms in total. The van der Waals surface area contributed by atoms with Crippen LogP contribution in [-0.2, 0) is 0 Å². The first-order valence-corrected chi connectivity index (χ1v) is 6.18. The van der Waals surface area contributed by atoms with Crippen molar-refractivity contribution in [3.05, 3.63) is 0 Å². The summed E-state index contributed by atoms with van der Waals surface area (Å²) in [6, 6.07) is 2.97. The van der Waals surface area contributed by atoms with Crippen LogP contribution in [-0.4, -0.2) is 29.6 Å². The first kappa shape index (κ1) is 10.9. The van der Waals surface area contributed by atoms with Crippen LogP contribution in [0.25, 0.3) is 0 Å². The normalized spacial score (nSPS) is 38.5. The highest BCUT2D eigenvalue weighted by Gasteiger charge is 2.34. The number of likely N-dealkylation sites (tertiary alicyclic amines) is 1. The van der Waals surface area contributed by atoms with E-state index in [1.807, 2.05) is 0 Å². The van der Waals surface area contributed by atoms with Crippen molar-refractivity contribution in [2.45, 2.75) is 56.5 Å². The van der Waals surface area contributed by atoms with Gasteiger partial charge in [0.05, 0.1) is 6.07 Å². The molecule has 0 radical (unpaired) electrons. The summed E-state index contributed by atoms with van der Waals surface area (Å²) in [5, 5.41) is 8.96. The van der Waals surface area contributed by atoms with Gasteiger partial charge in [-0.15, -0.1) is 0 Å². The summed E-state index contributed by atoms with van der Waals surface area (Å²) in [5.41, 5.74) is 5.45. The molecule has 2 N–H and O–H groups in total. The molecule has 2 rings (SSSR count). The molecule has 2 aliphatic rings. The molecule has 15 heavy (non-hydrogen) atoms. The Morgan fingerprint density at radius 1 is 1.13 bits per heavy atom. The molecule has 84 valence electrons. The molecule has 0 aromatic heterocycles. The first-order chi connectivity index (χ1) is 7.23. The number of rotatable bonds is 1. The summed E-state index contributed by atoms with van der Waals surface area (Å²) in [7, 11) is 0. The summed E-state index contributed by atoms with van der Waals surface area (Å²) in [6.07, 6.45) is 8.08. The third-order valence-electron chi connectivity index (χ3n) is 3.98. The van der Waals surface area contributed by atoms with Crippen molar-refractivity contribution >= 4 is 0 Å². The van der Waals surface area contributed by atoms with E-state index in [0.29, 0.717) is 6.04 Å². The number of nitriles is 1. The monoisotopic (exact) mass is 207 g/mol. The molecule has 0 aromatic rings. The third-order valence-corrected chi connectivity index (χ3v) is 3.98. The minimum atomic E-state index is -0.522. The van der Waals surface area contributed by atoms with E-state index in [-0.39, 0.29) is 0 Å². The van der Waals surface area contributed by atoms with Crippen LogP contribution in [0.2, 0.25) is 0 Å². The van der Waals surface area contributed by atoms with Crippen molar-refractivity contribution in [2.75, 3.05) is 13.1 Å². The maximum Gasteiger partial charge on any atom is 0.104 e. The van der Waals surface area contributed by atoms with Gasteiger partial charge >= 0.3 is 0 Å². The van der Waals surface area contributed by atoms with Crippen molar-refractivity contribution in [1.82, 2.24) is 4.90 Å². The van der Waals surface area contributed by atoms with Crippen LogP contribution in [0, 0.1) is 11.3 Å². The van der Waals surface area contributed by atoms with E-state index in [0.717, 1.165) is 25.7 Å². The van der Waals surface area contributed by atoms with Crippen molar-refractivity contribution in [3.8, 4) is 6.07 Å². The van der Waals surface area contributed by atoms with Crippen LogP contribution in [0.1, 0.15) is 44.9 Å². The quantitative estimate of drug-likeness (QED) is 0.711. The maximum atomic E-state index is 8.96. The lowest BCUT2D eigenvalue weighted by molar-refractivity contribution is 0.116. The Kier molecular flexibility index (Phi) is 3.28. The molecule has 1 saturated carbocycles. The van der Waals surface area contributed by atoms with Crippen molar-refractivity contribution in [2.24, 2.45) is 5.73 Å². The van der Waals surface area contributed by atoms with Crippen LogP contribution in [0.15, 0.2) is 0 Å². The summed E-state index contributed by atoms with van der Waals surface area (Å²) < 4.78 is 0. The van der Waals surface area contributed by atoms with Gasteiger partial charge in [0.2, 0.25) is 0 Å². The van der Waals surface area contributed by atoms with Gasteiger partial charge in [0.25, 0.3) is 0 Å². The van der Waals surface area contributed by atoms with E-state index in [1.54, 1.807) is 0 Å². The highest BCUT2D eigenvalue weighted by Crippen LogP contribution is 2.30. The molecule has 0 bridgehead atoms. The number of hydrogen-bond donors (Lipinski definition) is 1. The Balaban J connectivity index is 1.85. The fourth-order valence-electron chi connectivity index (χ4n) is 2.88. The molecule has 1 aliphatic heterocycles. The Morgan fingerprint density at radius 2 is 1.73 bits per heavy atom. The Labute approximate surface area is 92.2 Å². The predicted octanol–water partition coefficient (Wildman–Crippen LogP) is 1.64. The van der Waals surface area contributed by atoms with E-state index in [9.17, 15) is 0 Å². The van der Waals surface area contributed by atoms with Crippen molar-refractivity contribution < 1.29 is 0 Å². The van der Waals surface area contributed by atoms with Crippen LogP contribution >= 0.6 is 0 Å². The molecule has 0 spiro atoms. The van der Waals surface area contributed by atoms with Gasteiger partial charge in [-0.1, -0.05) is 6.42 Å². The molecule has 0 unspecified atom stereocenters. The second-order valence-corrected chi connectivity index (χ2v) is 5.10. The Bertz CT molecular complexity index is 242. The topological polar surface area (TPSA) is 53.1 Å². The average molecular weight is 207 g/mol. The van der Waals surface area contributed by atoms with Gasteiger partial charge in [0.15, 0.2) is 0 Å². The molecular weight excluding hydrogens is 186 g/mol. The van der Waals surface area contributed by atoms with Gasteiger partial charge in [-0.05, 0) is 51.6 Å². The molecule has 0 amide bonds. The lowest BCUT2D eigenvalue weighted by Gasteiger charge is -2.40. The van der Waals surface area contributed by atoms with Crippen LogP contribution in [0.4, 0.5) is 0 Å². The van der Waals surface area contributed by atoms with Gasteiger partial charge in [0, 0.05) is 6.04 Å². The van der Waals surface area contributed by atoms with E-state index >= 15 is 0 Å². The summed E-state index contributed by atoms with van der Waals surface area (Å²) in [4.78, 5) is 2.61. The maximum absolute atomic E-state index is 8.96. The fourth-order valence-corrected chi connectivity index (χ4v) is 2.88. The average Bonchev–Trinajstić information content (AvgIpc) is 2.31. The standard InChI is InChI=1S/C12H21N3/c13-10-12(14)6-4-11(5-7-12)15-8-2-1-3-9-15/h11H,1-9,14H2. The highest BCUT2D eigenvalue weighted by molar-refractivity contribution is 5.07. The zero-order valence-electron chi connectivity index (χ0n) is 9.41. The zero-order valence-corrected chi connectivity index (χ0v) is 9.41. The first-order valence-electron chi connectivity index (χ1n) is 6.18. The summed E-state index contributed by atoms with van der Waals surface area (Å²) in [5.74, 6) is 0. The third kappa shape index (κ3) is 2.50. The molecule has 0 atom stereocenters. The Hall–Kier alpha value is -0.590. The van der Waals surface area contributed by atoms with Gasteiger partial charge in [0.1, 0.15) is 5.54 Å². The molecular formula is C12H21N3. The molecule has 2 fully saturated rings. The van der Waals surface area contributed by atoms with Crippen LogP contribution < -0.4 is 5.73 Å². The van der Waals surface area contributed by atoms with Gasteiger partial charge in [-0.2, -0.15) is 5.26 Å². The zero-order chi connectivity index (χ0) is 10.7. The largest absolute Gasteiger partial charge is 0.313 e. The SMILES string of the molecule is N#CC1(N)CCC(N2CCCCC2)CC1. The minimum absolute atomic E-state index is 0.522.